The van der Waals surface area contributed by atoms with Gasteiger partial charge in [0.15, 0.2) is 5.76 Å². The van der Waals surface area contributed by atoms with E-state index in [4.69, 9.17) is 13.9 Å². The summed E-state index contributed by atoms with van der Waals surface area (Å²) in [6.07, 6.45) is 0.480. The fraction of sp³-hybridized carbons (Fsp3) is 0.160. The van der Waals surface area contributed by atoms with Crippen LogP contribution in [0.1, 0.15) is 22.5 Å². The van der Waals surface area contributed by atoms with Crippen molar-refractivity contribution in [1.82, 2.24) is 5.06 Å². The van der Waals surface area contributed by atoms with E-state index < -0.39 is 5.91 Å². The number of nitrogens with zero attached hydrogens (tertiary/aromatic N) is 1. The number of fused-ring (bicyclic) bond motifs is 1. The Balaban J connectivity index is 1.36. The Morgan fingerprint density at radius 2 is 1.55 bits per heavy atom. The second kappa shape index (κ2) is 9.82. The van der Waals surface area contributed by atoms with Crippen molar-refractivity contribution in [2.45, 2.75) is 13.0 Å². The van der Waals surface area contributed by atoms with Crippen LogP contribution >= 0.6 is 0 Å². The van der Waals surface area contributed by atoms with Crippen LogP contribution in [0, 0.1) is 0 Å². The van der Waals surface area contributed by atoms with Crippen molar-refractivity contribution in [2.24, 2.45) is 0 Å². The molecule has 0 fully saturated rings. The second-order valence-electron chi connectivity index (χ2n) is 6.99. The molecule has 0 saturated carbocycles. The molecule has 4 aromatic rings. The molecule has 0 bridgehead atoms. The van der Waals surface area contributed by atoms with E-state index in [1.807, 2.05) is 78.9 Å². The topological polar surface area (TPSA) is 72.1 Å². The summed E-state index contributed by atoms with van der Waals surface area (Å²) in [6, 6.07) is 26.1. The van der Waals surface area contributed by atoms with Crippen LogP contribution in [-0.4, -0.2) is 29.3 Å². The molecule has 4 rings (SSSR count). The van der Waals surface area contributed by atoms with E-state index in [0.29, 0.717) is 30.3 Å². The normalized spacial score (nSPS) is 10.7. The summed E-state index contributed by atoms with van der Waals surface area (Å²) >= 11 is 0. The molecule has 158 valence electrons. The number of para-hydroxylation sites is 3. The maximum absolute atomic E-state index is 12.6. The quantitative estimate of drug-likeness (QED) is 0.227. The maximum Gasteiger partial charge on any atom is 0.312 e. The zero-order valence-electron chi connectivity index (χ0n) is 16.9. The van der Waals surface area contributed by atoms with Gasteiger partial charge in [-0.05, 0) is 30.3 Å². The summed E-state index contributed by atoms with van der Waals surface area (Å²) in [5.74, 6) is 0.988. The van der Waals surface area contributed by atoms with Crippen molar-refractivity contribution in [1.29, 1.82) is 0 Å². The maximum atomic E-state index is 12.6. The van der Waals surface area contributed by atoms with Crippen molar-refractivity contribution < 1.29 is 23.9 Å². The molecule has 1 N–H and O–H groups in total. The highest BCUT2D eigenvalue weighted by Gasteiger charge is 2.19. The summed E-state index contributed by atoms with van der Waals surface area (Å²) in [4.78, 5) is 12.6. The highest BCUT2D eigenvalue weighted by Crippen LogP contribution is 2.25. The van der Waals surface area contributed by atoms with Gasteiger partial charge < -0.3 is 13.9 Å². The first-order valence-corrected chi connectivity index (χ1v) is 10.1. The molecule has 6 heteroatoms. The summed E-state index contributed by atoms with van der Waals surface area (Å²) in [6.45, 7) is 0.824. The number of hydrogen-bond acceptors (Lipinski definition) is 5. The van der Waals surface area contributed by atoms with Crippen LogP contribution in [0.15, 0.2) is 89.3 Å². The number of furan rings is 1. The number of ether oxygens (including phenoxy) is 2. The highest BCUT2D eigenvalue weighted by molar-refractivity contribution is 5.96. The monoisotopic (exact) mass is 417 g/mol. The first-order valence-electron chi connectivity index (χ1n) is 10.1. The van der Waals surface area contributed by atoms with Gasteiger partial charge in [0.1, 0.15) is 23.7 Å². The van der Waals surface area contributed by atoms with E-state index in [-0.39, 0.29) is 12.3 Å². The van der Waals surface area contributed by atoms with E-state index in [2.05, 4.69) is 0 Å². The Labute approximate surface area is 180 Å². The predicted molar refractivity (Wildman–Crippen MR) is 116 cm³/mol. The van der Waals surface area contributed by atoms with Gasteiger partial charge >= 0.3 is 5.91 Å². The minimum absolute atomic E-state index is 0.0774. The standard InChI is InChI=1S/C25H23NO5/c27-25(26(28)15-8-16-29-21-11-3-1-4-12-21)23-17-19-9-7-10-20(24(19)31-23)18-30-22-13-5-2-6-14-22/h1-7,9-14,17,28H,8,15-16,18H2. The summed E-state index contributed by atoms with van der Waals surface area (Å²) in [5, 5.41) is 11.6. The molecule has 3 aromatic carbocycles. The minimum atomic E-state index is -0.592. The molecule has 0 aliphatic rings. The van der Waals surface area contributed by atoms with Gasteiger partial charge in [-0.1, -0.05) is 54.6 Å². The number of benzene rings is 3. The number of carbonyl (C=O) groups is 1. The Kier molecular flexibility index (Phi) is 6.50. The van der Waals surface area contributed by atoms with Crippen molar-refractivity contribution in [3.63, 3.8) is 0 Å². The van der Waals surface area contributed by atoms with Gasteiger partial charge in [-0.15, -0.1) is 0 Å². The zero-order valence-corrected chi connectivity index (χ0v) is 16.9. The van der Waals surface area contributed by atoms with Crippen LogP contribution < -0.4 is 9.47 Å². The van der Waals surface area contributed by atoms with Crippen LogP contribution in [0.5, 0.6) is 11.5 Å². The third kappa shape index (κ3) is 5.24. The molecule has 6 nitrogen and oxygen atoms in total. The molecule has 0 atom stereocenters. The van der Waals surface area contributed by atoms with Crippen molar-refractivity contribution in [2.75, 3.05) is 13.2 Å². The third-order valence-corrected chi connectivity index (χ3v) is 4.73. The van der Waals surface area contributed by atoms with Gasteiger partial charge in [-0.2, -0.15) is 0 Å². The van der Waals surface area contributed by atoms with Gasteiger partial charge in [0, 0.05) is 17.4 Å². The summed E-state index contributed by atoms with van der Waals surface area (Å²) < 4.78 is 17.2. The molecule has 0 radical (unpaired) electrons. The number of amides is 1. The third-order valence-electron chi connectivity index (χ3n) is 4.73. The van der Waals surface area contributed by atoms with Crippen molar-refractivity contribution in [3.05, 3.63) is 96.3 Å². The van der Waals surface area contributed by atoms with Crippen molar-refractivity contribution >= 4 is 16.9 Å². The van der Waals surface area contributed by atoms with Gasteiger partial charge in [-0.3, -0.25) is 10.0 Å². The summed E-state index contributed by atoms with van der Waals surface area (Å²) in [5.41, 5.74) is 1.39. The lowest BCUT2D eigenvalue weighted by Crippen LogP contribution is -2.29. The fourth-order valence-electron chi connectivity index (χ4n) is 3.17. The summed E-state index contributed by atoms with van der Waals surface area (Å²) in [7, 11) is 0. The lowest BCUT2D eigenvalue weighted by Gasteiger charge is -2.13. The number of hydroxylamine groups is 2. The number of hydrogen-bond donors (Lipinski definition) is 1. The molecule has 0 spiro atoms. The van der Waals surface area contributed by atoms with Crippen LogP contribution in [0.4, 0.5) is 0 Å². The second-order valence-corrected chi connectivity index (χ2v) is 6.99. The molecule has 0 aliphatic heterocycles. The molecule has 0 aliphatic carbocycles. The van der Waals surface area contributed by atoms with Crippen LogP contribution in [0.2, 0.25) is 0 Å². The molecule has 0 unspecified atom stereocenters. The number of carbonyl (C=O) groups excluding carboxylic acids is 1. The van der Waals surface area contributed by atoms with E-state index in [0.717, 1.165) is 22.4 Å². The SMILES string of the molecule is O=C(c1cc2cccc(COc3ccccc3)c2o1)N(O)CCCOc1ccccc1. The van der Waals surface area contributed by atoms with Crippen LogP contribution in [0.25, 0.3) is 11.0 Å². The Hall–Kier alpha value is -3.77. The molecule has 0 saturated heterocycles. The van der Waals surface area contributed by atoms with Gasteiger partial charge in [0.25, 0.3) is 0 Å². The van der Waals surface area contributed by atoms with Gasteiger partial charge in [0.2, 0.25) is 0 Å². The fourth-order valence-corrected chi connectivity index (χ4v) is 3.17. The predicted octanol–water partition coefficient (Wildman–Crippen LogP) is 5.31. The Morgan fingerprint density at radius 3 is 2.26 bits per heavy atom. The van der Waals surface area contributed by atoms with Gasteiger partial charge in [0.05, 0.1) is 13.2 Å². The lowest BCUT2D eigenvalue weighted by molar-refractivity contribution is -0.0618. The van der Waals surface area contributed by atoms with Gasteiger partial charge in [-0.25, -0.2) is 5.06 Å². The molecule has 1 amide bonds. The minimum Gasteiger partial charge on any atom is -0.494 e. The molecule has 31 heavy (non-hydrogen) atoms. The van der Waals surface area contributed by atoms with E-state index in [9.17, 15) is 10.0 Å². The van der Waals surface area contributed by atoms with E-state index in [1.54, 1.807) is 6.07 Å². The number of rotatable bonds is 9. The smallest absolute Gasteiger partial charge is 0.312 e. The Bertz CT molecular complexity index is 1120. The first kappa shape index (κ1) is 20.5. The molecule has 1 heterocycles. The van der Waals surface area contributed by atoms with Crippen LogP contribution in [0.3, 0.4) is 0 Å². The molecular weight excluding hydrogens is 394 g/mol. The largest absolute Gasteiger partial charge is 0.494 e. The van der Waals surface area contributed by atoms with E-state index in [1.165, 1.54) is 0 Å². The zero-order chi connectivity index (χ0) is 21.5. The average molecular weight is 417 g/mol. The van der Waals surface area contributed by atoms with Crippen LogP contribution in [-0.2, 0) is 6.61 Å². The molecule has 1 aromatic heterocycles. The molecular formula is C25H23NO5. The van der Waals surface area contributed by atoms with E-state index >= 15 is 0 Å². The highest BCUT2D eigenvalue weighted by atomic mass is 16.5. The average Bonchev–Trinajstić information content (AvgIpc) is 3.26. The first-order chi connectivity index (χ1) is 15.2. The lowest BCUT2D eigenvalue weighted by atomic mass is 10.1. The van der Waals surface area contributed by atoms with Crippen molar-refractivity contribution in [3.8, 4) is 11.5 Å². The Morgan fingerprint density at radius 1 is 0.871 bits per heavy atom.